The molecule has 0 fully saturated rings. The molecule has 1 aliphatic heterocycles. The standard InChI is InChI=1S/C36H32N4O4S/c1-5-43-35(42)32-23(4)38-36-40(33(32)28-15-9-11-17-30(28)44-22(2)3)34(41)31(45-36)18-26-21-39(29-16-10-8-14-27(26)29)20-25-13-7-6-12-24(25)19-37/h6-18,21-22,33H,5,20H2,1-4H3/b31-18+/t33-/m1/s1. The number of rotatable bonds is 8. The molecule has 0 saturated carbocycles. The van der Waals surface area contributed by atoms with Crippen LogP contribution in [0, 0.1) is 11.3 Å². The lowest BCUT2D eigenvalue weighted by Crippen LogP contribution is -2.40. The van der Waals surface area contributed by atoms with Crippen LogP contribution in [0.15, 0.2) is 100 Å². The number of nitriles is 1. The third-order valence-corrected chi connectivity index (χ3v) is 8.66. The second-order valence-corrected chi connectivity index (χ2v) is 12.0. The second kappa shape index (κ2) is 12.4. The van der Waals surface area contributed by atoms with E-state index < -0.39 is 12.0 Å². The van der Waals surface area contributed by atoms with Crippen molar-refractivity contribution in [3.63, 3.8) is 0 Å². The van der Waals surface area contributed by atoms with Gasteiger partial charge in [-0.05, 0) is 57.5 Å². The number of carbonyl (C=O) groups is 1. The molecule has 0 spiro atoms. The third-order valence-electron chi connectivity index (χ3n) is 7.68. The average molecular weight is 617 g/mol. The van der Waals surface area contributed by atoms with E-state index in [1.165, 1.54) is 11.3 Å². The summed E-state index contributed by atoms with van der Waals surface area (Å²) in [4.78, 5) is 32.9. The van der Waals surface area contributed by atoms with E-state index in [4.69, 9.17) is 14.5 Å². The topological polar surface area (TPSA) is 98.6 Å². The van der Waals surface area contributed by atoms with Crippen molar-refractivity contribution in [1.82, 2.24) is 9.13 Å². The van der Waals surface area contributed by atoms with Crippen LogP contribution < -0.4 is 19.6 Å². The van der Waals surface area contributed by atoms with Gasteiger partial charge in [-0.1, -0.05) is 65.9 Å². The average Bonchev–Trinajstić information content (AvgIpc) is 3.53. The molecule has 6 rings (SSSR count). The fourth-order valence-corrected chi connectivity index (χ4v) is 6.80. The molecule has 0 unspecified atom stereocenters. The number of fused-ring (bicyclic) bond motifs is 2. The van der Waals surface area contributed by atoms with Crippen molar-refractivity contribution in [2.24, 2.45) is 4.99 Å². The summed E-state index contributed by atoms with van der Waals surface area (Å²) in [6.45, 7) is 8.10. The van der Waals surface area contributed by atoms with Gasteiger partial charge < -0.3 is 14.0 Å². The highest BCUT2D eigenvalue weighted by molar-refractivity contribution is 7.07. The Morgan fingerprint density at radius 1 is 1.09 bits per heavy atom. The van der Waals surface area contributed by atoms with Crippen molar-refractivity contribution in [2.45, 2.75) is 46.4 Å². The first-order chi connectivity index (χ1) is 21.8. The van der Waals surface area contributed by atoms with Gasteiger partial charge in [-0.2, -0.15) is 5.26 Å². The molecule has 226 valence electrons. The van der Waals surface area contributed by atoms with Gasteiger partial charge in [0.25, 0.3) is 5.56 Å². The van der Waals surface area contributed by atoms with Crippen molar-refractivity contribution in [1.29, 1.82) is 5.26 Å². The lowest BCUT2D eigenvalue weighted by Gasteiger charge is -2.26. The van der Waals surface area contributed by atoms with Crippen LogP contribution in [0.2, 0.25) is 0 Å². The maximum absolute atomic E-state index is 14.3. The summed E-state index contributed by atoms with van der Waals surface area (Å²) < 4.78 is 15.8. The van der Waals surface area contributed by atoms with Gasteiger partial charge in [0.2, 0.25) is 0 Å². The van der Waals surface area contributed by atoms with Crippen molar-refractivity contribution in [3.8, 4) is 11.8 Å². The number of ether oxygens (including phenoxy) is 2. The molecule has 2 aromatic heterocycles. The summed E-state index contributed by atoms with van der Waals surface area (Å²) in [5.41, 5.74) is 4.62. The number of hydrogen-bond acceptors (Lipinski definition) is 7. The van der Waals surface area contributed by atoms with Gasteiger partial charge in [0.05, 0.1) is 40.1 Å². The molecular formula is C36H32N4O4S. The zero-order valence-electron chi connectivity index (χ0n) is 25.5. The molecule has 0 N–H and O–H groups in total. The first kappa shape index (κ1) is 29.9. The highest BCUT2D eigenvalue weighted by atomic mass is 32.1. The molecule has 0 amide bonds. The quantitative estimate of drug-likeness (QED) is 0.216. The summed E-state index contributed by atoms with van der Waals surface area (Å²) in [5.74, 6) is 0.0717. The SMILES string of the molecule is CCOC(=O)C1=C(C)N=c2s/c(=C/c3cn(Cc4ccccc4C#N)c4ccccc34)c(=O)n2[C@@H]1c1ccccc1OC(C)C. The Labute approximate surface area is 264 Å². The molecule has 1 atom stereocenters. The molecule has 3 heterocycles. The van der Waals surface area contributed by atoms with Crippen LogP contribution in [-0.4, -0.2) is 27.8 Å². The van der Waals surface area contributed by atoms with E-state index >= 15 is 0 Å². The van der Waals surface area contributed by atoms with E-state index in [1.54, 1.807) is 18.4 Å². The zero-order chi connectivity index (χ0) is 31.7. The molecule has 5 aromatic rings. The van der Waals surface area contributed by atoms with Crippen LogP contribution in [0.1, 0.15) is 56.0 Å². The van der Waals surface area contributed by atoms with E-state index in [-0.39, 0.29) is 18.3 Å². The van der Waals surface area contributed by atoms with Gasteiger partial charge in [-0.25, -0.2) is 9.79 Å². The zero-order valence-corrected chi connectivity index (χ0v) is 26.3. The van der Waals surface area contributed by atoms with E-state index in [1.807, 2.05) is 98.9 Å². The van der Waals surface area contributed by atoms with Gasteiger partial charge >= 0.3 is 5.97 Å². The number of thiazole rings is 1. The Bertz CT molecular complexity index is 2200. The van der Waals surface area contributed by atoms with E-state index in [0.717, 1.165) is 22.0 Å². The predicted octanol–water partition coefficient (Wildman–Crippen LogP) is 5.46. The molecule has 45 heavy (non-hydrogen) atoms. The predicted molar refractivity (Wildman–Crippen MR) is 175 cm³/mol. The van der Waals surface area contributed by atoms with Crippen molar-refractivity contribution < 1.29 is 14.3 Å². The fraction of sp³-hybridized carbons (Fsp3) is 0.222. The monoisotopic (exact) mass is 616 g/mol. The molecule has 3 aromatic carbocycles. The number of benzene rings is 3. The number of para-hydroxylation sites is 2. The normalized spacial score (nSPS) is 14.8. The van der Waals surface area contributed by atoms with Gasteiger partial charge in [0.1, 0.15) is 11.8 Å². The largest absolute Gasteiger partial charge is 0.491 e. The first-order valence-corrected chi connectivity index (χ1v) is 15.6. The van der Waals surface area contributed by atoms with Gasteiger partial charge in [0.15, 0.2) is 4.80 Å². The Hall–Kier alpha value is -5.20. The maximum Gasteiger partial charge on any atom is 0.338 e. The van der Waals surface area contributed by atoms with Gasteiger partial charge in [-0.3, -0.25) is 9.36 Å². The minimum Gasteiger partial charge on any atom is -0.491 e. The second-order valence-electron chi connectivity index (χ2n) is 11.0. The minimum absolute atomic E-state index is 0.115. The number of allylic oxidation sites excluding steroid dienone is 1. The molecule has 0 saturated heterocycles. The van der Waals surface area contributed by atoms with Gasteiger partial charge in [0, 0.05) is 34.8 Å². The molecular weight excluding hydrogens is 584 g/mol. The van der Waals surface area contributed by atoms with Crippen molar-refractivity contribution >= 4 is 34.3 Å². The van der Waals surface area contributed by atoms with Crippen LogP contribution in [0.25, 0.3) is 17.0 Å². The van der Waals surface area contributed by atoms with E-state index in [9.17, 15) is 14.9 Å². The van der Waals surface area contributed by atoms with Gasteiger partial charge in [-0.15, -0.1) is 0 Å². The number of esters is 1. The van der Waals surface area contributed by atoms with Crippen LogP contribution >= 0.6 is 11.3 Å². The lowest BCUT2D eigenvalue weighted by molar-refractivity contribution is -0.139. The Morgan fingerprint density at radius 2 is 1.82 bits per heavy atom. The van der Waals surface area contributed by atoms with Crippen LogP contribution in [0.4, 0.5) is 0 Å². The Kier molecular flexibility index (Phi) is 8.24. The van der Waals surface area contributed by atoms with E-state index in [2.05, 4.69) is 10.6 Å². The lowest BCUT2D eigenvalue weighted by atomic mass is 9.95. The summed E-state index contributed by atoms with van der Waals surface area (Å²) in [7, 11) is 0. The Morgan fingerprint density at radius 3 is 2.60 bits per heavy atom. The minimum atomic E-state index is -0.777. The molecule has 0 bridgehead atoms. The summed E-state index contributed by atoms with van der Waals surface area (Å²) in [6.07, 6.45) is 3.78. The van der Waals surface area contributed by atoms with Crippen molar-refractivity contribution in [2.75, 3.05) is 6.61 Å². The molecule has 1 aliphatic rings. The third kappa shape index (κ3) is 5.61. The van der Waals surface area contributed by atoms with Crippen molar-refractivity contribution in [3.05, 3.63) is 132 Å². The molecule has 9 heteroatoms. The fourth-order valence-electron chi connectivity index (χ4n) is 5.77. The highest BCUT2D eigenvalue weighted by Gasteiger charge is 2.35. The summed E-state index contributed by atoms with van der Waals surface area (Å²) >= 11 is 1.28. The van der Waals surface area contributed by atoms with Crippen LogP contribution in [0.3, 0.4) is 0 Å². The smallest absolute Gasteiger partial charge is 0.338 e. The number of hydrogen-bond donors (Lipinski definition) is 0. The number of nitrogens with zero attached hydrogens (tertiary/aromatic N) is 4. The van der Waals surface area contributed by atoms with Crippen LogP contribution in [-0.2, 0) is 16.1 Å². The molecule has 8 nitrogen and oxygen atoms in total. The van der Waals surface area contributed by atoms with Crippen LogP contribution in [0.5, 0.6) is 5.75 Å². The first-order valence-electron chi connectivity index (χ1n) is 14.8. The number of aromatic nitrogens is 2. The highest BCUT2D eigenvalue weighted by Crippen LogP contribution is 2.36. The Balaban J connectivity index is 1.54. The molecule has 0 radical (unpaired) electrons. The maximum atomic E-state index is 14.3. The number of carbonyl (C=O) groups excluding carboxylic acids is 1. The summed E-state index contributed by atoms with van der Waals surface area (Å²) in [6, 6.07) is 24.5. The summed E-state index contributed by atoms with van der Waals surface area (Å²) in [5, 5.41) is 10.6. The molecule has 0 aliphatic carbocycles. The van der Waals surface area contributed by atoms with E-state index in [0.29, 0.717) is 44.0 Å².